The maximum Gasteiger partial charge on any atom is 0.200 e. The Morgan fingerprint density at radius 3 is 2.26 bits per heavy atom. The van der Waals surface area contributed by atoms with Gasteiger partial charge in [0.15, 0.2) is 17.5 Å². The molecule has 2 aromatic carbocycles. The summed E-state index contributed by atoms with van der Waals surface area (Å²) in [6, 6.07) is 10.4. The number of hydrogen-bond donors (Lipinski definition) is 2. The molecule has 0 unspecified atom stereocenters. The van der Waals surface area contributed by atoms with Crippen LogP contribution >= 0.6 is 24.0 Å². The van der Waals surface area contributed by atoms with Gasteiger partial charge in [0.25, 0.3) is 0 Å². The number of rotatable bonds is 6. The third-order valence-corrected chi connectivity index (χ3v) is 5.06. The molecule has 0 atom stereocenters. The lowest BCUT2D eigenvalue weighted by molar-refractivity contribution is 0.339. The SMILES string of the molecule is CCNC(=NCc1cc(OC)c(O)c(OC)c1)N1CCN(c2ccccc2F)CC1.I. The third-order valence-electron chi connectivity index (χ3n) is 5.06. The number of halogens is 2. The van der Waals surface area contributed by atoms with Crippen LogP contribution in [0, 0.1) is 5.82 Å². The molecule has 31 heavy (non-hydrogen) atoms. The second kappa shape index (κ2) is 11.8. The first-order chi connectivity index (χ1) is 14.6. The summed E-state index contributed by atoms with van der Waals surface area (Å²) in [6.07, 6.45) is 0. The Morgan fingerprint density at radius 1 is 1.10 bits per heavy atom. The molecule has 3 rings (SSSR count). The largest absolute Gasteiger partial charge is 0.502 e. The smallest absolute Gasteiger partial charge is 0.200 e. The van der Waals surface area contributed by atoms with Gasteiger partial charge in [-0.25, -0.2) is 9.38 Å². The molecule has 1 aliphatic heterocycles. The Balaban J connectivity index is 0.00000341. The van der Waals surface area contributed by atoms with Gasteiger partial charge in [0, 0.05) is 32.7 Å². The second-order valence-electron chi connectivity index (χ2n) is 6.94. The molecule has 2 N–H and O–H groups in total. The Bertz CT molecular complexity index is 864. The van der Waals surface area contributed by atoms with Gasteiger partial charge in [0.2, 0.25) is 5.75 Å². The fourth-order valence-electron chi connectivity index (χ4n) is 3.50. The molecule has 0 spiro atoms. The summed E-state index contributed by atoms with van der Waals surface area (Å²) < 4.78 is 24.5. The highest BCUT2D eigenvalue weighted by Gasteiger charge is 2.21. The van der Waals surface area contributed by atoms with Crippen molar-refractivity contribution in [2.45, 2.75) is 13.5 Å². The number of anilines is 1. The van der Waals surface area contributed by atoms with E-state index in [-0.39, 0.29) is 35.5 Å². The summed E-state index contributed by atoms with van der Waals surface area (Å²) in [6.45, 7) is 6.08. The summed E-state index contributed by atoms with van der Waals surface area (Å²) in [5.41, 5.74) is 1.50. The average molecular weight is 544 g/mol. The van der Waals surface area contributed by atoms with Crippen molar-refractivity contribution in [2.75, 3.05) is 51.8 Å². The molecule has 0 amide bonds. The van der Waals surface area contributed by atoms with E-state index in [1.807, 2.05) is 19.1 Å². The van der Waals surface area contributed by atoms with Crippen molar-refractivity contribution in [3.63, 3.8) is 0 Å². The number of nitrogens with one attached hydrogen (secondary N) is 1. The summed E-state index contributed by atoms with van der Waals surface area (Å²) >= 11 is 0. The number of ether oxygens (including phenoxy) is 2. The number of phenols is 1. The molecule has 1 heterocycles. The Labute approximate surface area is 199 Å². The molecule has 0 aliphatic carbocycles. The van der Waals surface area contributed by atoms with Crippen molar-refractivity contribution >= 4 is 35.6 Å². The van der Waals surface area contributed by atoms with Crippen LogP contribution < -0.4 is 19.7 Å². The van der Waals surface area contributed by atoms with E-state index in [1.54, 1.807) is 18.2 Å². The molecule has 1 saturated heterocycles. The Kier molecular flexibility index (Phi) is 9.47. The summed E-state index contributed by atoms with van der Waals surface area (Å²) in [4.78, 5) is 8.99. The van der Waals surface area contributed by atoms with Gasteiger partial charge in [-0.3, -0.25) is 0 Å². The molecule has 7 nitrogen and oxygen atoms in total. The maximum absolute atomic E-state index is 14.1. The van der Waals surface area contributed by atoms with Crippen LogP contribution in [0.4, 0.5) is 10.1 Å². The summed E-state index contributed by atoms with van der Waals surface area (Å²) in [5, 5.41) is 13.4. The number of guanidine groups is 1. The van der Waals surface area contributed by atoms with Gasteiger partial charge in [-0.15, -0.1) is 24.0 Å². The van der Waals surface area contributed by atoms with Gasteiger partial charge in [-0.05, 0) is 36.8 Å². The van der Waals surface area contributed by atoms with E-state index in [1.165, 1.54) is 20.3 Å². The quantitative estimate of drug-likeness (QED) is 0.330. The predicted molar refractivity (Wildman–Crippen MR) is 132 cm³/mol. The van der Waals surface area contributed by atoms with Crippen LogP contribution in [-0.4, -0.2) is 62.9 Å². The number of benzene rings is 2. The lowest BCUT2D eigenvalue weighted by atomic mass is 10.2. The lowest BCUT2D eigenvalue weighted by Gasteiger charge is -2.37. The van der Waals surface area contributed by atoms with E-state index in [4.69, 9.17) is 14.5 Å². The van der Waals surface area contributed by atoms with Gasteiger partial charge in [0.1, 0.15) is 5.82 Å². The average Bonchev–Trinajstić information content (AvgIpc) is 2.78. The van der Waals surface area contributed by atoms with Crippen molar-refractivity contribution < 1.29 is 19.0 Å². The zero-order valence-electron chi connectivity index (χ0n) is 18.1. The van der Waals surface area contributed by atoms with E-state index in [9.17, 15) is 9.50 Å². The van der Waals surface area contributed by atoms with Crippen molar-refractivity contribution in [1.82, 2.24) is 10.2 Å². The van der Waals surface area contributed by atoms with Crippen LogP contribution in [0.15, 0.2) is 41.4 Å². The highest BCUT2D eigenvalue weighted by Crippen LogP contribution is 2.37. The number of para-hydroxylation sites is 1. The first-order valence-electron chi connectivity index (χ1n) is 10.0. The highest BCUT2D eigenvalue weighted by atomic mass is 127. The van der Waals surface area contributed by atoms with Crippen LogP contribution in [-0.2, 0) is 6.54 Å². The first kappa shape index (κ1) is 24.8. The minimum atomic E-state index is -0.193. The number of aromatic hydroxyl groups is 1. The van der Waals surface area contributed by atoms with Crippen molar-refractivity contribution in [3.05, 3.63) is 47.8 Å². The monoisotopic (exact) mass is 544 g/mol. The van der Waals surface area contributed by atoms with Crippen LogP contribution in [0.5, 0.6) is 17.2 Å². The second-order valence-corrected chi connectivity index (χ2v) is 6.94. The lowest BCUT2D eigenvalue weighted by Crippen LogP contribution is -2.52. The maximum atomic E-state index is 14.1. The Hall–Kier alpha value is -2.43. The zero-order chi connectivity index (χ0) is 21.5. The number of aliphatic imine (C=N–C) groups is 1. The summed E-state index contributed by atoms with van der Waals surface area (Å²) in [7, 11) is 3.00. The topological polar surface area (TPSA) is 69.6 Å². The standard InChI is InChI=1S/C22H29FN4O3.HI/c1-4-24-22(25-15-16-13-19(29-2)21(28)20(14-16)30-3)27-11-9-26(10-12-27)18-8-6-5-7-17(18)23;/h5-8,13-14,28H,4,9-12,15H2,1-3H3,(H,24,25);1H. The highest BCUT2D eigenvalue weighted by molar-refractivity contribution is 14.0. The van der Waals surface area contributed by atoms with Crippen LogP contribution in [0.3, 0.4) is 0 Å². The van der Waals surface area contributed by atoms with Crippen LogP contribution in [0.2, 0.25) is 0 Å². The minimum absolute atomic E-state index is 0. The van der Waals surface area contributed by atoms with Crippen molar-refractivity contribution in [1.29, 1.82) is 0 Å². The molecule has 170 valence electrons. The molecule has 0 saturated carbocycles. The molecule has 2 aromatic rings. The number of piperazine rings is 1. The predicted octanol–water partition coefficient (Wildman–Crippen LogP) is 3.45. The van der Waals surface area contributed by atoms with Crippen molar-refractivity contribution in [2.24, 2.45) is 4.99 Å². The molecule has 0 radical (unpaired) electrons. The molecule has 0 aromatic heterocycles. The van der Waals surface area contributed by atoms with Gasteiger partial charge in [-0.2, -0.15) is 0 Å². The van der Waals surface area contributed by atoms with Crippen molar-refractivity contribution in [3.8, 4) is 17.2 Å². The molecule has 1 aliphatic rings. The normalized spacial score (nSPS) is 14.1. The number of phenolic OH excluding ortho intramolecular Hbond substituents is 1. The van der Waals surface area contributed by atoms with Gasteiger partial charge >= 0.3 is 0 Å². The van der Waals surface area contributed by atoms with Gasteiger partial charge < -0.3 is 29.7 Å². The molecule has 9 heteroatoms. The van der Waals surface area contributed by atoms with E-state index >= 15 is 0 Å². The van der Waals surface area contributed by atoms with E-state index < -0.39 is 0 Å². The summed E-state index contributed by atoms with van der Waals surface area (Å²) in [5.74, 6) is 1.29. The molecular formula is C22H30FIN4O3. The minimum Gasteiger partial charge on any atom is -0.502 e. The Morgan fingerprint density at radius 2 is 1.71 bits per heavy atom. The van der Waals surface area contributed by atoms with E-state index in [0.717, 1.165) is 31.2 Å². The van der Waals surface area contributed by atoms with Gasteiger partial charge in [0.05, 0.1) is 26.5 Å². The van der Waals surface area contributed by atoms with Crippen LogP contribution in [0.1, 0.15) is 12.5 Å². The fraction of sp³-hybridized carbons (Fsp3) is 0.409. The fourth-order valence-corrected chi connectivity index (χ4v) is 3.50. The number of nitrogens with zero attached hydrogens (tertiary/aromatic N) is 3. The molecule has 0 bridgehead atoms. The van der Waals surface area contributed by atoms with Crippen LogP contribution in [0.25, 0.3) is 0 Å². The number of hydrogen-bond acceptors (Lipinski definition) is 5. The zero-order valence-corrected chi connectivity index (χ0v) is 20.4. The first-order valence-corrected chi connectivity index (χ1v) is 10.0. The third kappa shape index (κ3) is 6.05. The van der Waals surface area contributed by atoms with Gasteiger partial charge in [-0.1, -0.05) is 12.1 Å². The molecular weight excluding hydrogens is 514 g/mol. The number of methoxy groups -OCH3 is 2. The van der Waals surface area contributed by atoms with E-state index in [2.05, 4.69) is 15.1 Å². The van der Waals surface area contributed by atoms with E-state index in [0.29, 0.717) is 36.8 Å². The molecule has 1 fully saturated rings.